The Morgan fingerprint density at radius 1 is 0.941 bits per heavy atom. The summed E-state index contributed by atoms with van der Waals surface area (Å²) in [6, 6.07) is 12.0. The molecule has 17 heavy (non-hydrogen) atoms. The molecule has 2 nitrogen and oxygen atoms in total. The first kappa shape index (κ1) is 10.1. The van der Waals surface area contributed by atoms with Gasteiger partial charge in [-0.15, -0.1) is 0 Å². The topological polar surface area (TPSA) is 30.2 Å². The summed E-state index contributed by atoms with van der Waals surface area (Å²) in [6.07, 6.45) is 0. The standard InChI is InChI=1S/C15H12O2/c1-9-3-4-11-5-6-14-13(12(11)7-9)8-10(2)15(16)17-14/h3-8H,1-2H3. The monoisotopic (exact) mass is 224 g/mol. The van der Waals surface area contributed by atoms with Crippen molar-refractivity contribution >= 4 is 21.7 Å². The Morgan fingerprint density at radius 3 is 2.53 bits per heavy atom. The minimum atomic E-state index is -0.260. The van der Waals surface area contributed by atoms with Gasteiger partial charge < -0.3 is 4.42 Å². The number of hydrogen-bond donors (Lipinski definition) is 0. The van der Waals surface area contributed by atoms with Crippen LogP contribution in [0.3, 0.4) is 0 Å². The van der Waals surface area contributed by atoms with Gasteiger partial charge in [-0.2, -0.15) is 0 Å². The van der Waals surface area contributed by atoms with Gasteiger partial charge in [0.2, 0.25) is 0 Å². The van der Waals surface area contributed by atoms with Gasteiger partial charge in [-0.25, -0.2) is 4.79 Å². The van der Waals surface area contributed by atoms with Gasteiger partial charge in [0, 0.05) is 10.9 Å². The molecule has 0 N–H and O–H groups in total. The van der Waals surface area contributed by atoms with Crippen LogP contribution in [0.1, 0.15) is 11.1 Å². The number of hydrogen-bond acceptors (Lipinski definition) is 2. The van der Waals surface area contributed by atoms with Gasteiger partial charge in [0.25, 0.3) is 0 Å². The van der Waals surface area contributed by atoms with Crippen LogP contribution in [0.15, 0.2) is 45.6 Å². The Hall–Kier alpha value is -2.09. The van der Waals surface area contributed by atoms with Gasteiger partial charge in [-0.3, -0.25) is 0 Å². The third kappa shape index (κ3) is 1.53. The van der Waals surface area contributed by atoms with Crippen molar-refractivity contribution < 1.29 is 4.42 Å². The van der Waals surface area contributed by atoms with E-state index < -0.39 is 0 Å². The fourth-order valence-electron chi connectivity index (χ4n) is 2.13. The van der Waals surface area contributed by atoms with Gasteiger partial charge in [0.1, 0.15) is 5.58 Å². The molecule has 0 spiro atoms. The summed E-state index contributed by atoms with van der Waals surface area (Å²) in [4.78, 5) is 11.5. The maximum atomic E-state index is 11.5. The first-order chi connectivity index (χ1) is 8.15. The molecule has 1 heterocycles. The van der Waals surface area contributed by atoms with Gasteiger partial charge >= 0.3 is 5.63 Å². The van der Waals surface area contributed by atoms with Crippen LogP contribution in [-0.4, -0.2) is 0 Å². The molecule has 0 radical (unpaired) electrons. The van der Waals surface area contributed by atoms with E-state index in [-0.39, 0.29) is 5.63 Å². The number of fused-ring (bicyclic) bond motifs is 3. The largest absolute Gasteiger partial charge is 0.423 e. The number of aryl methyl sites for hydroxylation is 2. The van der Waals surface area contributed by atoms with Crippen LogP contribution in [0.25, 0.3) is 21.7 Å². The van der Waals surface area contributed by atoms with Crippen LogP contribution >= 0.6 is 0 Å². The highest BCUT2D eigenvalue weighted by molar-refractivity contribution is 6.05. The maximum Gasteiger partial charge on any atom is 0.339 e. The Labute approximate surface area is 98.5 Å². The van der Waals surface area contributed by atoms with Crippen LogP contribution in [0.4, 0.5) is 0 Å². The number of rotatable bonds is 0. The van der Waals surface area contributed by atoms with E-state index in [0.29, 0.717) is 11.1 Å². The van der Waals surface area contributed by atoms with E-state index in [9.17, 15) is 4.79 Å². The quantitative estimate of drug-likeness (QED) is 0.431. The van der Waals surface area contributed by atoms with Crippen LogP contribution in [0.5, 0.6) is 0 Å². The smallest absolute Gasteiger partial charge is 0.339 e. The SMILES string of the molecule is Cc1ccc2ccc3oc(=O)c(C)cc3c2c1. The summed E-state index contributed by atoms with van der Waals surface area (Å²) in [5, 5.41) is 3.30. The lowest BCUT2D eigenvalue weighted by Gasteiger charge is -2.04. The molecule has 1 aromatic heterocycles. The zero-order valence-electron chi connectivity index (χ0n) is 9.78. The Balaban J connectivity index is 2.58. The summed E-state index contributed by atoms with van der Waals surface area (Å²) in [6.45, 7) is 3.84. The second kappa shape index (κ2) is 3.45. The minimum absolute atomic E-state index is 0.260. The molecule has 3 aromatic rings. The molecular formula is C15H12O2. The molecule has 0 atom stereocenters. The van der Waals surface area contributed by atoms with Gasteiger partial charge in [-0.1, -0.05) is 29.8 Å². The van der Waals surface area contributed by atoms with Gasteiger partial charge in [-0.05, 0) is 36.8 Å². The van der Waals surface area contributed by atoms with E-state index >= 15 is 0 Å². The van der Waals surface area contributed by atoms with E-state index in [1.165, 1.54) is 5.56 Å². The summed E-state index contributed by atoms with van der Waals surface area (Å²) < 4.78 is 5.28. The predicted octanol–water partition coefficient (Wildman–Crippen LogP) is 3.56. The lowest BCUT2D eigenvalue weighted by molar-refractivity contribution is 0.555. The summed E-state index contributed by atoms with van der Waals surface area (Å²) >= 11 is 0. The highest BCUT2D eigenvalue weighted by atomic mass is 16.4. The minimum Gasteiger partial charge on any atom is -0.423 e. The van der Waals surface area contributed by atoms with Crippen LogP contribution in [0.2, 0.25) is 0 Å². The van der Waals surface area contributed by atoms with E-state index in [0.717, 1.165) is 16.2 Å². The van der Waals surface area contributed by atoms with Crippen LogP contribution < -0.4 is 5.63 Å². The molecule has 3 rings (SSSR count). The summed E-state index contributed by atoms with van der Waals surface area (Å²) in [5.41, 5.74) is 2.24. The highest BCUT2D eigenvalue weighted by Crippen LogP contribution is 2.25. The van der Waals surface area contributed by atoms with Crippen molar-refractivity contribution in [2.24, 2.45) is 0 Å². The fourth-order valence-corrected chi connectivity index (χ4v) is 2.13. The zero-order chi connectivity index (χ0) is 12.0. The second-order valence-electron chi connectivity index (χ2n) is 4.42. The third-order valence-electron chi connectivity index (χ3n) is 3.06. The Kier molecular flexibility index (Phi) is 2.05. The van der Waals surface area contributed by atoms with Crippen LogP contribution in [0, 0.1) is 13.8 Å². The lowest BCUT2D eigenvalue weighted by atomic mass is 10.0. The van der Waals surface area contributed by atoms with Crippen LogP contribution in [-0.2, 0) is 0 Å². The fraction of sp³-hybridized carbons (Fsp3) is 0.133. The van der Waals surface area contributed by atoms with Gasteiger partial charge in [0.05, 0.1) is 0 Å². The molecule has 2 heteroatoms. The Morgan fingerprint density at radius 2 is 1.71 bits per heavy atom. The first-order valence-corrected chi connectivity index (χ1v) is 5.59. The van der Waals surface area contributed by atoms with Crippen molar-refractivity contribution in [1.82, 2.24) is 0 Å². The van der Waals surface area contributed by atoms with Crippen molar-refractivity contribution in [2.75, 3.05) is 0 Å². The maximum absolute atomic E-state index is 11.5. The average Bonchev–Trinajstić information content (AvgIpc) is 2.31. The predicted molar refractivity (Wildman–Crippen MR) is 69.5 cm³/mol. The molecular weight excluding hydrogens is 212 g/mol. The number of benzene rings is 2. The van der Waals surface area contributed by atoms with Crippen molar-refractivity contribution in [3.8, 4) is 0 Å². The third-order valence-corrected chi connectivity index (χ3v) is 3.06. The molecule has 0 saturated heterocycles. The highest BCUT2D eigenvalue weighted by Gasteiger charge is 2.05. The lowest BCUT2D eigenvalue weighted by Crippen LogP contribution is -2.01. The molecule has 0 saturated carbocycles. The van der Waals surface area contributed by atoms with E-state index in [2.05, 4.69) is 25.1 Å². The molecule has 2 aromatic carbocycles. The van der Waals surface area contributed by atoms with Gasteiger partial charge in [0.15, 0.2) is 0 Å². The molecule has 0 aliphatic heterocycles. The molecule has 0 unspecified atom stereocenters. The molecule has 0 aliphatic rings. The van der Waals surface area contributed by atoms with Crippen molar-refractivity contribution in [2.45, 2.75) is 13.8 Å². The van der Waals surface area contributed by atoms with E-state index in [1.807, 2.05) is 18.2 Å². The Bertz CT molecular complexity index is 782. The van der Waals surface area contributed by atoms with Crippen molar-refractivity contribution in [3.63, 3.8) is 0 Å². The molecule has 84 valence electrons. The van der Waals surface area contributed by atoms with E-state index in [1.54, 1.807) is 6.92 Å². The molecule has 0 bridgehead atoms. The normalized spacial score (nSPS) is 11.2. The molecule has 0 aliphatic carbocycles. The zero-order valence-corrected chi connectivity index (χ0v) is 9.78. The van der Waals surface area contributed by atoms with Crippen molar-refractivity contribution in [3.05, 3.63) is 57.9 Å². The second-order valence-corrected chi connectivity index (χ2v) is 4.42. The average molecular weight is 224 g/mol. The summed E-state index contributed by atoms with van der Waals surface area (Å²) in [7, 11) is 0. The first-order valence-electron chi connectivity index (χ1n) is 5.59. The van der Waals surface area contributed by atoms with E-state index in [4.69, 9.17) is 4.42 Å². The molecule has 0 fully saturated rings. The summed E-state index contributed by atoms with van der Waals surface area (Å²) in [5.74, 6) is 0. The molecule has 0 amide bonds. The van der Waals surface area contributed by atoms with Crippen molar-refractivity contribution in [1.29, 1.82) is 0 Å².